The molecule has 0 saturated heterocycles. The minimum Gasteiger partial charge on any atom is -0.352 e. The van der Waals surface area contributed by atoms with Gasteiger partial charge >= 0.3 is 0 Å². The minimum absolute atomic E-state index is 0. The maximum atomic E-state index is 11.1. The largest absolute Gasteiger partial charge is 0.352 e. The fourth-order valence-corrected chi connectivity index (χ4v) is 2.31. The van der Waals surface area contributed by atoms with E-state index in [2.05, 4.69) is 27.3 Å². The molecule has 3 N–H and O–H groups in total. The van der Waals surface area contributed by atoms with E-state index in [4.69, 9.17) is 0 Å². The number of sulfonamides is 1. The lowest BCUT2D eigenvalue weighted by molar-refractivity contribution is 0.607. The molecule has 0 saturated carbocycles. The van der Waals surface area contributed by atoms with Gasteiger partial charge in [0.1, 0.15) is 0 Å². The molecule has 6 nitrogen and oxygen atoms in total. The van der Waals surface area contributed by atoms with E-state index in [0.29, 0.717) is 18.3 Å². The number of hydrogen-bond acceptors (Lipinski definition) is 5. The summed E-state index contributed by atoms with van der Waals surface area (Å²) in [6, 6.07) is 7.61. The van der Waals surface area contributed by atoms with Crippen LogP contribution >= 0.6 is 24.0 Å². The molecule has 1 atom stereocenters. The average molecular weight is 410 g/mol. The van der Waals surface area contributed by atoms with Crippen molar-refractivity contribution in [1.29, 1.82) is 0 Å². The van der Waals surface area contributed by atoms with Crippen LogP contribution in [0.25, 0.3) is 0 Å². The average Bonchev–Trinajstić information content (AvgIpc) is 2.72. The molecule has 20 heavy (non-hydrogen) atoms. The second kappa shape index (κ2) is 7.11. The molecule has 0 spiro atoms. The number of halogens is 1. The van der Waals surface area contributed by atoms with Crippen molar-refractivity contribution in [3.05, 3.63) is 29.8 Å². The van der Waals surface area contributed by atoms with Crippen LogP contribution in [-0.4, -0.2) is 33.2 Å². The Labute approximate surface area is 136 Å². The van der Waals surface area contributed by atoms with Crippen LogP contribution in [0.5, 0.6) is 0 Å². The van der Waals surface area contributed by atoms with E-state index in [0.717, 1.165) is 24.3 Å². The lowest BCUT2D eigenvalue weighted by Gasteiger charge is -2.09. The maximum Gasteiger partial charge on any atom is 0.229 e. The smallest absolute Gasteiger partial charge is 0.229 e. The lowest BCUT2D eigenvalue weighted by atomic mass is 10.2. The van der Waals surface area contributed by atoms with E-state index in [9.17, 15) is 8.42 Å². The first-order chi connectivity index (χ1) is 8.92. The predicted octanol–water partition coefficient (Wildman–Crippen LogP) is 1.11. The first-order valence-corrected chi connectivity index (χ1v) is 7.93. The summed E-state index contributed by atoms with van der Waals surface area (Å²) in [5, 5.41) is 6.41. The highest BCUT2D eigenvalue weighted by Gasteiger charge is 2.11. The number of nitrogens with one attached hydrogen (secondary N) is 3. The van der Waals surface area contributed by atoms with Crippen molar-refractivity contribution >= 4 is 45.6 Å². The lowest BCUT2D eigenvalue weighted by Crippen LogP contribution is -2.37. The first-order valence-electron chi connectivity index (χ1n) is 6.04. The molecule has 112 valence electrons. The summed E-state index contributed by atoms with van der Waals surface area (Å²) in [4.78, 5) is 4.30. The van der Waals surface area contributed by atoms with Crippen LogP contribution in [0, 0.1) is 0 Å². The Morgan fingerprint density at radius 1 is 1.35 bits per heavy atom. The molecular weight excluding hydrogens is 391 g/mol. The van der Waals surface area contributed by atoms with Crippen molar-refractivity contribution in [2.45, 2.75) is 19.5 Å². The van der Waals surface area contributed by atoms with E-state index in [-0.39, 0.29) is 24.0 Å². The number of benzene rings is 1. The normalized spacial score (nSPS) is 17.7. The molecule has 1 aromatic rings. The van der Waals surface area contributed by atoms with E-state index in [1.54, 1.807) is 12.1 Å². The van der Waals surface area contributed by atoms with Gasteiger partial charge in [-0.2, -0.15) is 0 Å². The summed E-state index contributed by atoms with van der Waals surface area (Å²) in [7, 11) is -3.22. The highest BCUT2D eigenvalue weighted by Crippen LogP contribution is 2.10. The Balaban J connectivity index is 0.00000200. The van der Waals surface area contributed by atoms with Gasteiger partial charge in [0, 0.05) is 18.3 Å². The predicted molar refractivity (Wildman–Crippen MR) is 92.1 cm³/mol. The number of anilines is 1. The highest BCUT2D eigenvalue weighted by molar-refractivity contribution is 14.0. The SMILES string of the molecule is CC1CN=C(NCc2ccc(NS(C)(=O)=O)cc2)N1.I. The summed E-state index contributed by atoms with van der Waals surface area (Å²) in [5.41, 5.74) is 1.62. The Kier molecular flexibility index (Phi) is 6.06. The fraction of sp³-hybridized carbons (Fsp3) is 0.417. The van der Waals surface area contributed by atoms with Crippen LogP contribution in [0.1, 0.15) is 12.5 Å². The fourth-order valence-electron chi connectivity index (χ4n) is 1.75. The summed E-state index contributed by atoms with van der Waals surface area (Å²) >= 11 is 0. The van der Waals surface area contributed by atoms with Gasteiger partial charge in [0.25, 0.3) is 0 Å². The van der Waals surface area contributed by atoms with Crippen molar-refractivity contribution < 1.29 is 8.42 Å². The first kappa shape index (κ1) is 17.0. The third-order valence-electron chi connectivity index (χ3n) is 2.62. The molecule has 1 aliphatic heterocycles. The van der Waals surface area contributed by atoms with E-state index < -0.39 is 10.0 Å². The monoisotopic (exact) mass is 410 g/mol. The second-order valence-corrected chi connectivity index (χ2v) is 6.41. The summed E-state index contributed by atoms with van der Waals surface area (Å²) in [5.74, 6) is 0.811. The maximum absolute atomic E-state index is 11.1. The third-order valence-corrected chi connectivity index (χ3v) is 3.23. The molecule has 1 aromatic carbocycles. The topological polar surface area (TPSA) is 82.6 Å². The Bertz CT molecular complexity index is 572. The van der Waals surface area contributed by atoms with Gasteiger partial charge in [-0.05, 0) is 24.6 Å². The molecule has 0 radical (unpaired) electrons. The van der Waals surface area contributed by atoms with Crippen LogP contribution < -0.4 is 15.4 Å². The summed E-state index contributed by atoms with van der Waals surface area (Å²) in [6.07, 6.45) is 1.13. The summed E-state index contributed by atoms with van der Waals surface area (Å²) in [6.45, 7) is 3.51. The van der Waals surface area contributed by atoms with Crippen molar-refractivity contribution in [1.82, 2.24) is 10.6 Å². The van der Waals surface area contributed by atoms with Gasteiger partial charge in [-0.3, -0.25) is 9.71 Å². The standard InChI is InChI=1S/C12H18N4O2S.HI/c1-9-7-13-12(15-9)14-8-10-3-5-11(6-4-10)16-19(2,17)18;/h3-6,9,16H,7-8H2,1-2H3,(H2,13,14,15);1H. The molecule has 0 bridgehead atoms. The zero-order chi connectivity index (χ0) is 13.9. The van der Waals surface area contributed by atoms with Crippen molar-refractivity contribution in [2.24, 2.45) is 4.99 Å². The number of aliphatic imine (C=N–C) groups is 1. The van der Waals surface area contributed by atoms with Gasteiger partial charge < -0.3 is 10.6 Å². The van der Waals surface area contributed by atoms with Gasteiger partial charge in [-0.25, -0.2) is 8.42 Å². The van der Waals surface area contributed by atoms with Crippen molar-refractivity contribution in [3.63, 3.8) is 0 Å². The third kappa shape index (κ3) is 5.53. The van der Waals surface area contributed by atoms with Gasteiger partial charge in [0.05, 0.1) is 12.8 Å². The second-order valence-electron chi connectivity index (χ2n) is 4.66. The molecular formula is C12H19IN4O2S. The number of rotatable bonds is 4. The van der Waals surface area contributed by atoms with Crippen molar-refractivity contribution in [3.8, 4) is 0 Å². The number of nitrogens with zero attached hydrogens (tertiary/aromatic N) is 1. The van der Waals surface area contributed by atoms with E-state index in [1.165, 1.54) is 0 Å². The zero-order valence-electron chi connectivity index (χ0n) is 11.4. The Morgan fingerprint density at radius 2 is 2.00 bits per heavy atom. The quantitative estimate of drug-likeness (QED) is 0.650. The number of hydrogen-bond donors (Lipinski definition) is 3. The van der Waals surface area contributed by atoms with Gasteiger partial charge in [-0.1, -0.05) is 12.1 Å². The van der Waals surface area contributed by atoms with Gasteiger partial charge in [0.2, 0.25) is 10.0 Å². The van der Waals surface area contributed by atoms with Crippen LogP contribution in [0.2, 0.25) is 0 Å². The van der Waals surface area contributed by atoms with Crippen LogP contribution in [0.3, 0.4) is 0 Å². The molecule has 8 heteroatoms. The Hall–Kier alpha value is -1.03. The van der Waals surface area contributed by atoms with Crippen LogP contribution in [0.4, 0.5) is 5.69 Å². The molecule has 0 amide bonds. The Morgan fingerprint density at radius 3 is 2.50 bits per heavy atom. The molecule has 0 aliphatic carbocycles. The minimum atomic E-state index is -3.22. The highest BCUT2D eigenvalue weighted by atomic mass is 127. The zero-order valence-corrected chi connectivity index (χ0v) is 14.5. The molecule has 0 fully saturated rings. The van der Waals surface area contributed by atoms with Gasteiger partial charge in [-0.15, -0.1) is 24.0 Å². The van der Waals surface area contributed by atoms with Crippen LogP contribution in [-0.2, 0) is 16.6 Å². The molecule has 2 rings (SSSR count). The molecule has 1 heterocycles. The van der Waals surface area contributed by atoms with Gasteiger partial charge in [0.15, 0.2) is 5.96 Å². The molecule has 1 unspecified atom stereocenters. The van der Waals surface area contributed by atoms with E-state index >= 15 is 0 Å². The molecule has 1 aliphatic rings. The van der Waals surface area contributed by atoms with Crippen LogP contribution in [0.15, 0.2) is 29.3 Å². The number of guanidine groups is 1. The van der Waals surface area contributed by atoms with E-state index in [1.807, 2.05) is 12.1 Å². The van der Waals surface area contributed by atoms with Crippen molar-refractivity contribution in [2.75, 3.05) is 17.5 Å². The summed E-state index contributed by atoms with van der Waals surface area (Å²) < 4.78 is 24.6. The molecule has 0 aromatic heterocycles.